The molecule has 0 fully saturated rings. The van der Waals surface area contributed by atoms with Crippen molar-refractivity contribution < 1.29 is 23.4 Å². The Labute approximate surface area is 113 Å². The number of carboxylic acid groups (broad SMARTS) is 1. The molecule has 7 heteroatoms. The lowest BCUT2D eigenvalue weighted by molar-refractivity contribution is -0.131. The van der Waals surface area contributed by atoms with Crippen LogP contribution >= 0.6 is 0 Å². The van der Waals surface area contributed by atoms with Crippen LogP contribution in [0.4, 0.5) is 4.39 Å². The summed E-state index contributed by atoms with van der Waals surface area (Å²) < 4.78 is 23.8. The van der Waals surface area contributed by atoms with Crippen molar-refractivity contribution in [3.8, 4) is 5.75 Å². The molecule has 104 valence electrons. The van der Waals surface area contributed by atoms with E-state index in [4.69, 9.17) is 14.3 Å². The Morgan fingerprint density at radius 2 is 2.25 bits per heavy atom. The second-order valence-corrected chi connectivity index (χ2v) is 3.90. The molecule has 0 aliphatic carbocycles. The van der Waals surface area contributed by atoms with E-state index in [0.717, 1.165) is 6.08 Å². The maximum atomic E-state index is 13.4. The van der Waals surface area contributed by atoms with Gasteiger partial charge in [-0.1, -0.05) is 0 Å². The van der Waals surface area contributed by atoms with Gasteiger partial charge in [0.25, 0.3) is 5.89 Å². The highest BCUT2D eigenvalue weighted by atomic mass is 19.1. The molecule has 0 atom stereocenters. The minimum atomic E-state index is -1.11. The van der Waals surface area contributed by atoms with Crippen LogP contribution < -0.4 is 4.74 Å². The summed E-state index contributed by atoms with van der Waals surface area (Å²) in [6, 6.07) is 3.89. The predicted molar refractivity (Wildman–Crippen MR) is 66.4 cm³/mol. The lowest BCUT2D eigenvalue weighted by Crippen LogP contribution is -1.97. The summed E-state index contributed by atoms with van der Waals surface area (Å²) in [5.41, 5.74) is 0.379. The van der Waals surface area contributed by atoms with Gasteiger partial charge in [0.2, 0.25) is 5.89 Å². The van der Waals surface area contributed by atoms with E-state index < -0.39 is 11.8 Å². The summed E-state index contributed by atoms with van der Waals surface area (Å²) in [6.07, 6.45) is 2.19. The van der Waals surface area contributed by atoms with E-state index in [1.807, 2.05) is 0 Å². The Balaban J connectivity index is 2.09. The topological polar surface area (TPSA) is 85.5 Å². The molecule has 6 nitrogen and oxygen atoms in total. The van der Waals surface area contributed by atoms with Gasteiger partial charge in [-0.15, -0.1) is 10.2 Å². The molecule has 0 saturated carbocycles. The quantitative estimate of drug-likeness (QED) is 0.844. The Hall–Kier alpha value is -2.70. The fourth-order valence-electron chi connectivity index (χ4n) is 1.47. The maximum Gasteiger partial charge on any atom is 0.328 e. The van der Waals surface area contributed by atoms with Crippen molar-refractivity contribution in [1.29, 1.82) is 0 Å². The van der Waals surface area contributed by atoms with Gasteiger partial charge in [-0.25, -0.2) is 9.18 Å². The molecule has 0 saturated heterocycles. The van der Waals surface area contributed by atoms with E-state index in [0.29, 0.717) is 11.5 Å². The van der Waals surface area contributed by atoms with Gasteiger partial charge in [-0.2, -0.15) is 0 Å². The lowest BCUT2D eigenvalue weighted by Gasteiger charge is -2.04. The van der Waals surface area contributed by atoms with E-state index in [1.165, 1.54) is 24.3 Å². The number of rotatable bonds is 5. The first-order valence-corrected chi connectivity index (χ1v) is 5.66. The van der Waals surface area contributed by atoms with Crippen LogP contribution in [0, 0.1) is 12.7 Å². The van der Waals surface area contributed by atoms with Crippen LogP contribution in [0.15, 0.2) is 28.7 Å². The highest BCUT2D eigenvalue weighted by molar-refractivity contribution is 5.85. The standard InChI is InChI=1S/C13H11FN2O4/c1-8-15-16-12(20-8)7-19-11-5-9(2-3-13(17)18)4-10(14)6-11/h2-6H,7H2,1H3,(H,17,18)/b3-2+. The van der Waals surface area contributed by atoms with Crippen molar-refractivity contribution in [3.63, 3.8) is 0 Å². The molecule has 1 N–H and O–H groups in total. The van der Waals surface area contributed by atoms with Gasteiger partial charge in [0, 0.05) is 19.1 Å². The Morgan fingerprint density at radius 1 is 1.45 bits per heavy atom. The molecule has 2 rings (SSSR count). The van der Waals surface area contributed by atoms with Gasteiger partial charge in [0.1, 0.15) is 11.6 Å². The minimum Gasteiger partial charge on any atom is -0.484 e. The zero-order valence-electron chi connectivity index (χ0n) is 10.5. The van der Waals surface area contributed by atoms with Crippen LogP contribution in [0.2, 0.25) is 0 Å². The van der Waals surface area contributed by atoms with Gasteiger partial charge in [-0.3, -0.25) is 0 Å². The molecule has 0 bridgehead atoms. The van der Waals surface area contributed by atoms with E-state index in [2.05, 4.69) is 10.2 Å². The average molecular weight is 278 g/mol. The zero-order valence-corrected chi connectivity index (χ0v) is 10.5. The number of carbonyl (C=O) groups is 1. The maximum absolute atomic E-state index is 13.4. The van der Waals surface area contributed by atoms with Crippen molar-refractivity contribution in [2.75, 3.05) is 0 Å². The molecule has 0 aliphatic heterocycles. The highest BCUT2D eigenvalue weighted by Gasteiger charge is 2.05. The fourth-order valence-corrected chi connectivity index (χ4v) is 1.47. The highest BCUT2D eigenvalue weighted by Crippen LogP contribution is 2.18. The molecule has 0 unspecified atom stereocenters. The minimum absolute atomic E-state index is 0.00633. The third-order valence-corrected chi connectivity index (χ3v) is 2.24. The van der Waals surface area contributed by atoms with Gasteiger partial charge >= 0.3 is 5.97 Å². The number of ether oxygens (including phenoxy) is 1. The second-order valence-electron chi connectivity index (χ2n) is 3.90. The van der Waals surface area contributed by atoms with Crippen LogP contribution in [-0.4, -0.2) is 21.3 Å². The Bertz CT molecular complexity index is 652. The number of nitrogens with zero attached hydrogens (tertiary/aromatic N) is 2. The van der Waals surface area contributed by atoms with Crippen molar-refractivity contribution in [2.45, 2.75) is 13.5 Å². The van der Waals surface area contributed by atoms with Gasteiger partial charge in [0.05, 0.1) is 0 Å². The number of carboxylic acids is 1. The molecule has 1 aromatic carbocycles. The van der Waals surface area contributed by atoms with Gasteiger partial charge in [0.15, 0.2) is 6.61 Å². The fraction of sp³-hybridized carbons (Fsp3) is 0.154. The van der Waals surface area contributed by atoms with Crippen molar-refractivity contribution in [2.24, 2.45) is 0 Å². The summed E-state index contributed by atoms with van der Waals surface area (Å²) in [5.74, 6) is -0.722. The molecule has 0 radical (unpaired) electrons. The first kappa shape index (κ1) is 13.7. The summed E-state index contributed by atoms with van der Waals surface area (Å²) >= 11 is 0. The third kappa shape index (κ3) is 3.91. The van der Waals surface area contributed by atoms with Crippen LogP contribution in [0.25, 0.3) is 6.08 Å². The normalized spacial score (nSPS) is 10.9. The molecule has 1 aromatic heterocycles. The van der Waals surface area contributed by atoms with Crippen molar-refractivity contribution in [3.05, 3.63) is 47.4 Å². The summed E-state index contributed by atoms with van der Waals surface area (Å²) in [6.45, 7) is 1.65. The van der Waals surface area contributed by atoms with Crippen LogP contribution in [0.5, 0.6) is 5.75 Å². The predicted octanol–water partition coefficient (Wildman–Crippen LogP) is 2.19. The van der Waals surface area contributed by atoms with Gasteiger partial charge in [-0.05, 0) is 23.8 Å². The van der Waals surface area contributed by atoms with Gasteiger partial charge < -0.3 is 14.3 Å². The molecule has 0 amide bonds. The van der Waals surface area contributed by atoms with E-state index in [9.17, 15) is 9.18 Å². The van der Waals surface area contributed by atoms with E-state index in [1.54, 1.807) is 6.92 Å². The molecule has 1 heterocycles. The van der Waals surface area contributed by atoms with Crippen molar-refractivity contribution >= 4 is 12.0 Å². The smallest absolute Gasteiger partial charge is 0.328 e. The second kappa shape index (κ2) is 5.96. The van der Waals surface area contributed by atoms with E-state index in [-0.39, 0.29) is 18.2 Å². The summed E-state index contributed by atoms with van der Waals surface area (Å²) in [5, 5.41) is 15.9. The molecule has 20 heavy (non-hydrogen) atoms. The summed E-state index contributed by atoms with van der Waals surface area (Å²) in [4.78, 5) is 10.4. The first-order chi connectivity index (χ1) is 9.52. The molecular weight excluding hydrogens is 267 g/mol. The molecule has 0 aliphatic rings. The number of hydrogen-bond donors (Lipinski definition) is 1. The van der Waals surface area contributed by atoms with Crippen molar-refractivity contribution in [1.82, 2.24) is 10.2 Å². The van der Waals surface area contributed by atoms with Crippen LogP contribution in [0.3, 0.4) is 0 Å². The Kier molecular flexibility index (Phi) is 4.09. The molecular formula is C13H11FN2O4. The molecule has 2 aromatic rings. The van der Waals surface area contributed by atoms with Crippen LogP contribution in [0.1, 0.15) is 17.3 Å². The lowest BCUT2D eigenvalue weighted by atomic mass is 10.2. The van der Waals surface area contributed by atoms with Crippen LogP contribution in [-0.2, 0) is 11.4 Å². The number of aromatic nitrogens is 2. The SMILES string of the molecule is Cc1nnc(COc2cc(F)cc(/C=C/C(=O)O)c2)o1. The number of benzene rings is 1. The number of halogens is 1. The Morgan fingerprint density at radius 3 is 2.90 bits per heavy atom. The zero-order chi connectivity index (χ0) is 14.5. The monoisotopic (exact) mass is 278 g/mol. The number of aliphatic carboxylic acids is 1. The number of aryl methyl sites for hydroxylation is 1. The van der Waals surface area contributed by atoms with E-state index >= 15 is 0 Å². The largest absolute Gasteiger partial charge is 0.484 e. The summed E-state index contributed by atoms with van der Waals surface area (Å²) in [7, 11) is 0. The third-order valence-electron chi connectivity index (χ3n) is 2.24. The number of hydrogen-bond acceptors (Lipinski definition) is 5. The molecule has 0 spiro atoms. The average Bonchev–Trinajstić information content (AvgIpc) is 2.79. The first-order valence-electron chi connectivity index (χ1n) is 5.66.